The van der Waals surface area contributed by atoms with Crippen LogP contribution in [0.5, 0.6) is 0 Å². The highest BCUT2D eigenvalue weighted by Crippen LogP contribution is 2.26. The maximum atomic E-state index is 6.93. The van der Waals surface area contributed by atoms with Crippen molar-refractivity contribution in [3.63, 3.8) is 0 Å². The minimum atomic E-state index is 0.0108. The lowest BCUT2D eigenvalue weighted by molar-refractivity contribution is 0.357. The van der Waals surface area contributed by atoms with E-state index in [2.05, 4.69) is 31.8 Å². The van der Waals surface area contributed by atoms with Crippen LogP contribution in [-0.4, -0.2) is 11.5 Å². The van der Waals surface area contributed by atoms with E-state index >= 15 is 0 Å². The zero-order valence-electron chi connectivity index (χ0n) is 9.19. The Morgan fingerprint density at radius 3 is 2.15 bits per heavy atom. The molecule has 0 aliphatic heterocycles. The van der Waals surface area contributed by atoms with Gasteiger partial charge in [0.25, 0.3) is 0 Å². The van der Waals surface area contributed by atoms with Crippen molar-refractivity contribution in [2.75, 3.05) is 0 Å². The SMILES string of the molecule is CCCCCC(CC)(CC)N=C=N. The molecule has 0 saturated heterocycles. The molecule has 2 nitrogen and oxygen atoms in total. The van der Waals surface area contributed by atoms with Gasteiger partial charge in [-0.3, -0.25) is 0 Å². The molecule has 0 aliphatic rings. The zero-order chi connectivity index (χ0) is 10.2. The number of hydrogen-bond donors (Lipinski definition) is 1. The molecule has 0 saturated carbocycles. The first-order chi connectivity index (χ1) is 6.24. The second-order valence-corrected chi connectivity index (χ2v) is 3.61. The third-order valence-electron chi connectivity index (χ3n) is 2.85. The van der Waals surface area contributed by atoms with Crippen molar-refractivity contribution >= 4 is 6.01 Å². The Balaban J connectivity index is 4.13. The Hall–Kier alpha value is -0.620. The summed E-state index contributed by atoms with van der Waals surface area (Å²) in [4.78, 5) is 4.18. The first kappa shape index (κ1) is 12.4. The van der Waals surface area contributed by atoms with Crippen LogP contribution in [-0.2, 0) is 0 Å². The molecule has 0 aromatic rings. The summed E-state index contributed by atoms with van der Waals surface area (Å²) in [6.45, 7) is 6.51. The number of hydrogen-bond acceptors (Lipinski definition) is 2. The van der Waals surface area contributed by atoms with Gasteiger partial charge in [0.05, 0.1) is 11.5 Å². The molecule has 13 heavy (non-hydrogen) atoms. The maximum absolute atomic E-state index is 6.93. The quantitative estimate of drug-likeness (QED) is 0.458. The average Bonchev–Trinajstić information content (AvgIpc) is 2.17. The summed E-state index contributed by atoms with van der Waals surface area (Å²) in [5, 5.41) is 6.93. The lowest BCUT2D eigenvalue weighted by Gasteiger charge is -2.25. The topological polar surface area (TPSA) is 36.2 Å². The highest BCUT2D eigenvalue weighted by Gasteiger charge is 2.23. The fourth-order valence-corrected chi connectivity index (χ4v) is 1.64. The Bertz CT molecular complexity index is 165. The molecule has 0 heterocycles. The lowest BCUT2D eigenvalue weighted by atomic mass is 9.87. The van der Waals surface area contributed by atoms with Crippen molar-refractivity contribution in [1.82, 2.24) is 0 Å². The van der Waals surface area contributed by atoms with Gasteiger partial charge in [0.2, 0.25) is 0 Å². The van der Waals surface area contributed by atoms with Gasteiger partial charge in [-0.25, -0.2) is 10.4 Å². The molecule has 1 N–H and O–H groups in total. The van der Waals surface area contributed by atoms with E-state index in [9.17, 15) is 0 Å². The monoisotopic (exact) mass is 182 g/mol. The van der Waals surface area contributed by atoms with Gasteiger partial charge >= 0.3 is 0 Å². The fraction of sp³-hybridized carbons (Fsp3) is 0.909. The van der Waals surface area contributed by atoms with E-state index < -0.39 is 0 Å². The molecule has 0 rings (SSSR count). The van der Waals surface area contributed by atoms with Crippen LogP contribution in [0.25, 0.3) is 0 Å². The number of unbranched alkanes of at least 4 members (excludes halogenated alkanes) is 2. The van der Waals surface area contributed by atoms with Gasteiger partial charge in [-0.15, -0.1) is 0 Å². The summed E-state index contributed by atoms with van der Waals surface area (Å²) < 4.78 is 0. The van der Waals surface area contributed by atoms with E-state index in [1.165, 1.54) is 19.3 Å². The predicted octanol–water partition coefficient (Wildman–Crippen LogP) is 3.88. The van der Waals surface area contributed by atoms with Gasteiger partial charge in [0.15, 0.2) is 0 Å². The van der Waals surface area contributed by atoms with Gasteiger partial charge in [-0.1, -0.05) is 40.0 Å². The van der Waals surface area contributed by atoms with Crippen molar-refractivity contribution < 1.29 is 0 Å². The molecular formula is C11H22N2. The second kappa shape index (κ2) is 6.85. The molecule has 0 bridgehead atoms. The molecule has 0 aliphatic carbocycles. The van der Waals surface area contributed by atoms with Crippen LogP contribution in [0.2, 0.25) is 0 Å². The van der Waals surface area contributed by atoms with E-state index in [1.54, 1.807) is 0 Å². The van der Waals surface area contributed by atoms with Crippen LogP contribution in [0.1, 0.15) is 59.3 Å². The molecule has 0 atom stereocenters. The maximum Gasteiger partial charge on any atom is 0.0867 e. The summed E-state index contributed by atoms with van der Waals surface area (Å²) in [6, 6.07) is 2.21. The van der Waals surface area contributed by atoms with Gasteiger partial charge < -0.3 is 0 Å². The summed E-state index contributed by atoms with van der Waals surface area (Å²) in [6.07, 6.45) is 6.91. The molecule has 0 aromatic heterocycles. The summed E-state index contributed by atoms with van der Waals surface area (Å²) in [7, 11) is 0. The van der Waals surface area contributed by atoms with E-state index in [1.807, 2.05) is 0 Å². The first-order valence-electron chi connectivity index (χ1n) is 5.38. The molecule has 0 radical (unpaired) electrons. The highest BCUT2D eigenvalue weighted by molar-refractivity contribution is 5.37. The molecular weight excluding hydrogens is 160 g/mol. The molecule has 2 heteroatoms. The summed E-state index contributed by atoms with van der Waals surface area (Å²) in [5.41, 5.74) is 0.0108. The third-order valence-corrected chi connectivity index (χ3v) is 2.85. The van der Waals surface area contributed by atoms with Crippen LogP contribution in [0.15, 0.2) is 4.99 Å². The van der Waals surface area contributed by atoms with Crippen molar-refractivity contribution in [2.24, 2.45) is 4.99 Å². The van der Waals surface area contributed by atoms with Crippen molar-refractivity contribution in [2.45, 2.75) is 64.8 Å². The molecule has 0 spiro atoms. The smallest absolute Gasteiger partial charge is 0.0867 e. The zero-order valence-corrected chi connectivity index (χ0v) is 9.19. The average molecular weight is 182 g/mol. The Morgan fingerprint density at radius 1 is 1.15 bits per heavy atom. The summed E-state index contributed by atoms with van der Waals surface area (Å²) >= 11 is 0. The Labute approximate surface area is 82.0 Å². The fourth-order valence-electron chi connectivity index (χ4n) is 1.64. The van der Waals surface area contributed by atoms with E-state index in [0.717, 1.165) is 19.3 Å². The standard InChI is InChI=1S/C11H22N2/c1-4-7-8-9-11(5-2,6-3)13-10-12/h12H,4-9H2,1-3H3. The molecule has 76 valence electrons. The lowest BCUT2D eigenvalue weighted by Crippen LogP contribution is -2.24. The minimum absolute atomic E-state index is 0.0108. The van der Waals surface area contributed by atoms with Crippen LogP contribution >= 0.6 is 0 Å². The Morgan fingerprint density at radius 2 is 1.77 bits per heavy atom. The molecule has 0 unspecified atom stereocenters. The van der Waals surface area contributed by atoms with Crippen LogP contribution in [0.3, 0.4) is 0 Å². The number of nitrogens with zero attached hydrogens (tertiary/aromatic N) is 1. The van der Waals surface area contributed by atoms with Gasteiger partial charge in [-0.2, -0.15) is 0 Å². The molecule has 0 aromatic carbocycles. The number of nitrogens with one attached hydrogen (secondary N) is 1. The number of rotatable bonds is 7. The first-order valence-corrected chi connectivity index (χ1v) is 5.38. The van der Waals surface area contributed by atoms with Gasteiger partial charge in [-0.05, 0) is 19.3 Å². The van der Waals surface area contributed by atoms with Gasteiger partial charge in [0, 0.05) is 0 Å². The van der Waals surface area contributed by atoms with Crippen LogP contribution < -0.4 is 0 Å². The Kier molecular flexibility index (Phi) is 6.52. The van der Waals surface area contributed by atoms with Crippen LogP contribution in [0.4, 0.5) is 0 Å². The van der Waals surface area contributed by atoms with Crippen molar-refractivity contribution in [1.29, 1.82) is 5.41 Å². The normalized spacial score (nSPS) is 11.0. The third kappa shape index (κ3) is 4.23. The van der Waals surface area contributed by atoms with E-state index in [-0.39, 0.29) is 5.54 Å². The predicted molar refractivity (Wildman–Crippen MR) is 57.6 cm³/mol. The van der Waals surface area contributed by atoms with Crippen LogP contribution in [0, 0.1) is 5.41 Å². The largest absolute Gasteiger partial charge is 0.242 e. The van der Waals surface area contributed by atoms with E-state index in [0.29, 0.717) is 0 Å². The van der Waals surface area contributed by atoms with Crippen molar-refractivity contribution in [3.8, 4) is 0 Å². The minimum Gasteiger partial charge on any atom is -0.242 e. The van der Waals surface area contributed by atoms with Gasteiger partial charge in [0.1, 0.15) is 0 Å². The second-order valence-electron chi connectivity index (χ2n) is 3.61. The molecule has 0 fully saturated rings. The highest BCUT2D eigenvalue weighted by atomic mass is 14.9. The van der Waals surface area contributed by atoms with E-state index in [4.69, 9.17) is 5.41 Å². The van der Waals surface area contributed by atoms with Crippen molar-refractivity contribution in [3.05, 3.63) is 0 Å². The summed E-state index contributed by atoms with van der Waals surface area (Å²) in [5.74, 6) is 0. The number of aliphatic imine (C=N–C) groups is 1. The molecule has 0 amide bonds.